The zero-order valence-corrected chi connectivity index (χ0v) is 20.1. The van der Waals surface area contributed by atoms with Crippen molar-refractivity contribution in [1.29, 1.82) is 0 Å². The molecule has 10 heteroatoms. The van der Waals surface area contributed by atoms with Gasteiger partial charge in [-0.3, -0.25) is 9.11 Å². The van der Waals surface area contributed by atoms with Crippen molar-refractivity contribution in [3.05, 3.63) is 100 Å². The highest BCUT2D eigenvalue weighted by Crippen LogP contribution is 2.43. The molecule has 2 aromatic carbocycles. The van der Waals surface area contributed by atoms with Gasteiger partial charge in [-0.1, -0.05) is 54.6 Å². The van der Waals surface area contributed by atoms with Crippen LogP contribution in [0.1, 0.15) is 35.6 Å². The molecule has 0 fully saturated rings. The number of nitrogens with one attached hydrogen (secondary N) is 1. The minimum absolute atomic E-state index is 0.0148. The van der Waals surface area contributed by atoms with Crippen LogP contribution in [0, 0.1) is 0 Å². The van der Waals surface area contributed by atoms with E-state index in [-0.39, 0.29) is 17.9 Å². The molecule has 0 spiro atoms. The lowest BCUT2D eigenvalue weighted by Gasteiger charge is -2.32. The molecule has 0 aromatic heterocycles. The summed E-state index contributed by atoms with van der Waals surface area (Å²) < 4.78 is 73.1. The molecular weight excluding hydrogens is 478 g/mol. The van der Waals surface area contributed by atoms with Gasteiger partial charge < -0.3 is 10.1 Å². The van der Waals surface area contributed by atoms with Gasteiger partial charge in [0.25, 0.3) is 24.3 Å². The maximum Gasteiger partial charge on any atom is 0.292 e. The standard InChI is InChI=1S/C24H25NO7S2/c1-2-32-20-12-11-19(24(14-20,33(26,27)28)34(29,30)31)13-22(17-7-4-3-5-8-17)21-10-6-9-18-15-25-16-23(18)21/h3-13,25H,2,14-16H2,1H3,(H,26,27,28)(H,29,30,31). The van der Waals surface area contributed by atoms with Crippen molar-refractivity contribution >= 4 is 25.8 Å². The number of benzene rings is 2. The second-order valence-electron chi connectivity index (χ2n) is 8.04. The van der Waals surface area contributed by atoms with Gasteiger partial charge in [-0.05, 0) is 52.5 Å². The lowest BCUT2D eigenvalue weighted by atomic mass is 9.89. The van der Waals surface area contributed by atoms with Gasteiger partial charge in [0.2, 0.25) is 0 Å². The molecule has 1 heterocycles. The van der Waals surface area contributed by atoms with E-state index in [4.69, 9.17) is 4.74 Å². The fourth-order valence-electron chi connectivity index (χ4n) is 4.43. The highest BCUT2D eigenvalue weighted by molar-refractivity contribution is 8.05. The predicted octanol–water partition coefficient (Wildman–Crippen LogP) is 3.44. The summed E-state index contributed by atoms with van der Waals surface area (Å²) in [6, 6.07) is 14.8. The monoisotopic (exact) mass is 503 g/mol. The molecule has 4 rings (SSSR count). The first-order chi connectivity index (χ1) is 16.1. The van der Waals surface area contributed by atoms with Gasteiger partial charge in [0.05, 0.1) is 12.4 Å². The van der Waals surface area contributed by atoms with E-state index in [1.807, 2.05) is 48.5 Å². The molecule has 0 saturated heterocycles. The zero-order valence-electron chi connectivity index (χ0n) is 18.4. The van der Waals surface area contributed by atoms with Crippen LogP contribution >= 0.6 is 0 Å². The third kappa shape index (κ3) is 4.23. The zero-order chi connectivity index (χ0) is 24.6. The lowest BCUT2D eigenvalue weighted by molar-refractivity contribution is 0.214. The molecule has 2 aliphatic rings. The Labute approximate surface area is 199 Å². The van der Waals surface area contributed by atoms with Crippen molar-refractivity contribution < 1.29 is 30.7 Å². The Balaban J connectivity index is 2.04. The summed E-state index contributed by atoms with van der Waals surface area (Å²) in [7, 11) is -10.7. The fraction of sp³-hybridized carbons (Fsp3) is 0.250. The van der Waals surface area contributed by atoms with Crippen LogP contribution in [0.2, 0.25) is 0 Å². The average Bonchev–Trinajstić information content (AvgIpc) is 3.26. The highest BCUT2D eigenvalue weighted by Gasteiger charge is 2.58. The molecule has 1 aliphatic carbocycles. The maximum atomic E-state index is 12.6. The smallest absolute Gasteiger partial charge is 0.292 e. The fourth-order valence-corrected chi connectivity index (χ4v) is 6.99. The molecule has 8 nitrogen and oxygen atoms in total. The summed E-state index contributed by atoms with van der Waals surface area (Å²) in [5, 5.41) is 3.28. The highest BCUT2D eigenvalue weighted by atomic mass is 32.3. The minimum atomic E-state index is -5.35. The molecule has 0 bridgehead atoms. The lowest BCUT2D eigenvalue weighted by Crippen LogP contribution is -2.48. The number of fused-ring (bicyclic) bond motifs is 1. The second kappa shape index (κ2) is 9.12. The third-order valence-electron chi connectivity index (χ3n) is 6.02. The van der Waals surface area contributed by atoms with E-state index < -0.39 is 30.7 Å². The molecule has 0 unspecified atom stereocenters. The van der Waals surface area contributed by atoms with Crippen LogP contribution in [0.15, 0.2) is 78.1 Å². The first kappa shape index (κ1) is 24.4. The van der Waals surface area contributed by atoms with Crippen LogP contribution < -0.4 is 5.32 Å². The van der Waals surface area contributed by atoms with Crippen LogP contribution in [-0.2, 0) is 38.1 Å². The number of ether oxygens (including phenoxy) is 1. The first-order valence-electron chi connectivity index (χ1n) is 10.7. The van der Waals surface area contributed by atoms with E-state index >= 15 is 0 Å². The summed E-state index contributed by atoms with van der Waals surface area (Å²) in [4.78, 5) is 0. The third-order valence-corrected chi connectivity index (χ3v) is 9.71. The van der Waals surface area contributed by atoms with Gasteiger partial charge in [-0.15, -0.1) is 0 Å². The summed E-state index contributed by atoms with van der Waals surface area (Å²) >= 11 is 0. The molecule has 0 saturated carbocycles. The predicted molar refractivity (Wildman–Crippen MR) is 129 cm³/mol. The molecule has 1 aliphatic heterocycles. The van der Waals surface area contributed by atoms with Gasteiger partial charge in [0, 0.05) is 19.5 Å². The Hall–Kier alpha value is -2.76. The van der Waals surface area contributed by atoms with Crippen molar-refractivity contribution in [2.24, 2.45) is 0 Å². The van der Waals surface area contributed by atoms with Crippen LogP contribution in [0.4, 0.5) is 0 Å². The van der Waals surface area contributed by atoms with Gasteiger partial charge in [-0.25, -0.2) is 0 Å². The van der Waals surface area contributed by atoms with E-state index in [2.05, 4.69) is 5.32 Å². The molecular formula is C24H25NO7S2. The number of rotatable bonds is 7. The second-order valence-corrected chi connectivity index (χ2v) is 11.6. The number of allylic oxidation sites excluding steroid dienone is 4. The van der Waals surface area contributed by atoms with E-state index in [0.29, 0.717) is 24.2 Å². The minimum Gasteiger partial charge on any atom is -0.498 e. The largest absolute Gasteiger partial charge is 0.498 e. The van der Waals surface area contributed by atoms with Crippen LogP contribution in [0.5, 0.6) is 0 Å². The Morgan fingerprint density at radius 2 is 1.71 bits per heavy atom. The molecule has 180 valence electrons. The number of hydrogen-bond acceptors (Lipinski definition) is 6. The Morgan fingerprint density at radius 3 is 2.35 bits per heavy atom. The molecule has 34 heavy (non-hydrogen) atoms. The Morgan fingerprint density at radius 1 is 1.00 bits per heavy atom. The van der Waals surface area contributed by atoms with E-state index in [0.717, 1.165) is 16.7 Å². The Bertz CT molecular complexity index is 1370. The van der Waals surface area contributed by atoms with E-state index in [1.54, 1.807) is 6.92 Å². The van der Waals surface area contributed by atoms with Gasteiger partial charge in [-0.2, -0.15) is 16.8 Å². The summed E-state index contributed by atoms with van der Waals surface area (Å²) in [5.41, 5.74) is 3.84. The normalized spacial score (nSPS) is 18.1. The molecule has 2 aromatic rings. The van der Waals surface area contributed by atoms with Gasteiger partial charge in [0.1, 0.15) is 0 Å². The van der Waals surface area contributed by atoms with Gasteiger partial charge in [0.15, 0.2) is 0 Å². The molecule has 0 atom stereocenters. The van der Waals surface area contributed by atoms with Crippen molar-refractivity contribution in [2.75, 3.05) is 6.61 Å². The molecule has 0 amide bonds. The molecule has 0 radical (unpaired) electrons. The van der Waals surface area contributed by atoms with E-state index in [9.17, 15) is 25.9 Å². The van der Waals surface area contributed by atoms with Crippen LogP contribution in [0.3, 0.4) is 0 Å². The summed E-state index contributed by atoms with van der Waals surface area (Å²) in [6.07, 6.45) is 3.34. The SMILES string of the molecule is CCOC1=CC=C(C=C(c2ccccc2)c2cccc3c2CNC3)C(S(=O)(=O)O)(S(=O)(=O)O)C1. The topological polar surface area (TPSA) is 130 Å². The van der Waals surface area contributed by atoms with Crippen molar-refractivity contribution in [3.63, 3.8) is 0 Å². The quantitative estimate of drug-likeness (QED) is 0.490. The average molecular weight is 504 g/mol. The van der Waals surface area contributed by atoms with Crippen LogP contribution in [-0.4, -0.2) is 36.6 Å². The van der Waals surface area contributed by atoms with Crippen molar-refractivity contribution in [3.8, 4) is 0 Å². The van der Waals surface area contributed by atoms with Crippen LogP contribution in [0.25, 0.3) is 5.57 Å². The van der Waals surface area contributed by atoms with Gasteiger partial charge >= 0.3 is 0 Å². The first-order valence-corrected chi connectivity index (χ1v) is 13.5. The summed E-state index contributed by atoms with van der Waals surface area (Å²) in [5.74, 6) is 0.0148. The summed E-state index contributed by atoms with van der Waals surface area (Å²) in [6.45, 7) is 3.07. The maximum absolute atomic E-state index is 12.6. The van der Waals surface area contributed by atoms with Crippen molar-refractivity contribution in [1.82, 2.24) is 5.32 Å². The Kier molecular flexibility index (Phi) is 6.54. The molecule has 3 N–H and O–H groups in total. The number of hydrogen-bond donors (Lipinski definition) is 3. The van der Waals surface area contributed by atoms with Crippen molar-refractivity contribution in [2.45, 2.75) is 30.5 Å². The van der Waals surface area contributed by atoms with E-state index in [1.165, 1.54) is 18.2 Å².